The molecule has 0 aromatic heterocycles. The zero-order chi connectivity index (χ0) is 21.0. The molecule has 3 amide bonds. The Hall–Kier alpha value is -2.80. The van der Waals surface area contributed by atoms with Gasteiger partial charge in [0, 0.05) is 23.8 Å². The van der Waals surface area contributed by atoms with Gasteiger partial charge in [-0.2, -0.15) is 0 Å². The van der Waals surface area contributed by atoms with Crippen LogP contribution in [0.2, 0.25) is 5.02 Å². The molecule has 0 bridgehead atoms. The Morgan fingerprint density at radius 1 is 1.24 bits per heavy atom. The van der Waals surface area contributed by atoms with Crippen LogP contribution in [-0.2, 0) is 14.4 Å². The summed E-state index contributed by atoms with van der Waals surface area (Å²) in [6.07, 6.45) is 7.38. The van der Waals surface area contributed by atoms with Crippen molar-refractivity contribution in [3.05, 3.63) is 40.5 Å². The van der Waals surface area contributed by atoms with Gasteiger partial charge in [-0.25, -0.2) is 0 Å². The number of carbonyl (C=O) groups excluding carboxylic acids is 3. The van der Waals surface area contributed by atoms with Gasteiger partial charge in [0.15, 0.2) is 6.61 Å². The minimum Gasteiger partial charge on any atom is -0.482 e. The predicted molar refractivity (Wildman–Crippen MR) is 112 cm³/mol. The van der Waals surface area contributed by atoms with E-state index < -0.39 is 11.8 Å². The fourth-order valence-corrected chi connectivity index (χ4v) is 3.69. The number of amides is 3. The first-order valence-corrected chi connectivity index (χ1v) is 10.0. The monoisotopic (exact) mass is 417 g/mol. The Balaban J connectivity index is 1.91. The smallest absolute Gasteiger partial charge is 0.265 e. The Kier molecular flexibility index (Phi) is 6.59. The van der Waals surface area contributed by atoms with Crippen LogP contribution in [0.1, 0.15) is 39.0 Å². The standard InChI is InChI=1S/C21H24ClN3O4/c1-2-3-6-9-25-17-11-16(15(22)10-18(17)29-12-19(25)26)24-21(28)14-8-5-4-7-13(14)20(23)27/h3,6,10-11H,2,4-5,7-9,12H2,1H3,(H2,23,27)(H,24,28). The number of nitrogens with one attached hydrogen (secondary N) is 1. The van der Waals surface area contributed by atoms with Crippen LogP contribution in [0.3, 0.4) is 0 Å². The summed E-state index contributed by atoms with van der Waals surface area (Å²) in [5, 5.41) is 3.05. The number of anilines is 2. The number of nitrogens with zero attached hydrogens (tertiary/aromatic N) is 1. The number of halogens is 1. The summed E-state index contributed by atoms with van der Waals surface area (Å²) in [6.45, 7) is 2.35. The summed E-state index contributed by atoms with van der Waals surface area (Å²) >= 11 is 6.33. The maximum Gasteiger partial charge on any atom is 0.265 e. The molecule has 3 N–H and O–H groups in total. The van der Waals surface area contributed by atoms with Crippen molar-refractivity contribution in [2.45, 2.75) is 39.0 Å². The van der Waals surface area contributed by atoms with E-state index in [1.165, 1.54) is 0 Å². The maximum absolute atomic E-state index is 12.8. The lowest BCUT2D eigenvalue weighted by atomic mass is 9.90. The van der Waals surface area contributed by atoms with E-state index in [-0.39, 0.29) is 17.5 Å². The van der Waals surface area contributed by atoms with Gasteiger partial charge in [-0.05, 0) is 38.2 Å². The van der Waals surface area contributed by atoms with Crippen LogP contribution in [0.5, 0.6) is 5.75 Å². The number of rotatable bonds is 6. The molecule has 0 atom stereocenters. The van der Waals surface area contributed by atoms with Gasteiger partial charge in [0.1, 0.15) is 5.75 Å². The topological polar surface area (TPSA) is 102 Å². The van der Waals surface area contributed by atoms with Crippen LogP contribution < -0.4 is 20.7 Å². The van der Waals surface area contributed by atoms with Crippen LogP contribution in [0, 0.1) is 0 Å². The lowest BCUT2D eigenvalue weighted by Gasteiger charge is -2.29. The van der Waals surface area contributed by atoms with Crippen LogP contribution >= 0.6 is 11.6 Å². The highest BCUT2D eigenvalue weighted by atomic mass is 35.5. The average Bonchev–Trinajstić information content (AvgIpc) is 2.70. The molecule has 0 saturated heterocycles. The second-order valence-electron chi connectivity index (χ2n) is 6.96. The summed E-state index contributed by atoms with van der Waals surface area (Å²) in [5.41, 5.74) is 7.08. The van der Waals surface area contributed by atoms with E-state index >= 15 is 0 Å². The quantitative estimate of drug-likeness (QED) is 0.693. The molecule has 1 aromatic rings. The first-order chi connectivity index (χ1) is 13.9. The van der Waals surface area contributed by atoms with E-state index in [0.717, 1.165) is 19.3 Å². The van der Waals surface area contributed by atoms with Crippen LogP contribution in [0.25, 0.3) is 0 Å². The van der Waals surface area contributed by atoms with E-state index in [1.54, 1.807) is 17.0 Å². The third kappa shape index (κ3) is 4.62. The first kappa shape index (κ1) is 20.9. The molecule has 2 aliphatic rings. The Bertz CT molecular complexity index is 907. The van der Waals surface area contributed by atoms with Crippen molar-refractivity contribution in [2.75, 3.05) is 23.4 Å². The number of hydrogen-bond acceptors (Lipinski definition) is 4. The summed E-state index contributed by atoms with van der Waals surface area (Å²) < 4.78 is 5.49. The second-order valence-corrected chi connectivity index (χ2v) is 7.36. The molecule has 1 aliphatic carbocycles. The van der Waals surface area contributed by atoms with Gasteiger partial charge in [0.25, 0.3) is 11.8 Å². The highest BCUT2D eigenvalue weighted by Crippen LogP contribution is 2.39. The maximum atomic E-state index is 12.8. The normalized spacial score (nSPS) is 16.6. The lowest BCUT2D eigenvalue weighted by Crippen LogP contribution is -2.39. The molecule has 3 rings (SSSR count). The number of fused-ring (bicyclic) bond motifs is 1. The van der Waals surface area contributed by atoms with Gasteiger partial charge in [-0.3, -0.25) is 14.4 Å². The molecule has 1 heterocycles. The third-order valence-electron chi connectivity index (χ3n) is 4.97. The molecule has 7 nitrogen and oxygen atoms in total. The zero-order valence-corrected chi connectivity index (χ0v) is 17.1. The fraction of sp³-hybridized carbons (Fsp3) is 0.381. The number of primary amides is 1. The molecular weight excluding hydrogens is 394 g/mol. The van der Waals surface area contributed by atoms with Gasteiger partial charge in [0.2, 0.25) is 5.91 Å². The zero-order valence-electron chi connectivity index (χ0n) is 16.3. The van der Waals surface area contributed by atoms with Gasteiger partial charge >= 0.3 is 0 Å². The Labute approximate surface area is 174 Å². The first-order valence-electron chi connectivity index (χ1n) is 9.67. The van der Waals surface area contributed by atoms with E-state index in [2.05, 4.69) is 5.32 Å². The van der Waals surface area contributed by atoms with Crippen LogP contribution in [0.4, 0.5) is 11.4 Å². The van der Waals surface area contributed by atoms with Crippen molar-refractivity contribution < 1.29 is 19.1 Å². The fourth-order valence-electron chi connectivity index (χ4n) is 3.49. The third-order valence-corrected chi connectivity index (χ3v) is 5.28. The SMILES string of the molecule is CCC=CCN1C(=O)COc2cc(Cl)c(NC(=O)C3=C(C(N)=O)CCCC3)cc21. The number of allylic oxidation sites excluding steroid dienone is 1. The molecule has 8 heteroatoms. The second kappa shape index (κ2) is 9.13. The molecule has 0 fully saturated rings. The van der Waals surface area contributed by atoms with E-state index in [1.807, 2.05) is 19.1 Å². The van der Waals surface area contributed by atoms with Crippen molar-refractivity contribution in [3.63, 3.8) is 0 Å². The number of benzene rings is 1. The number of carbonyl (C=O) groups is 3. The van der Waals surface area contributed by atoms with Crippen molar-refractivity contribution in [2.24, 2.45) is 5.73 Å². The molecule has 1 aliphatic heterocycles. The Morgan fingerprint density at radius 3 is 2.66 bits per heavy atom. The molecule has 0 spiro atoms. The molecule has 1 aromatic carbocycles. The van der Waals surface area contributed by atoms with E-state index in [9.17, 15) is 14.4 Å². The van der Waals surface area contributed by atoms with Crippen LogP contribution in [-0.4, -0.2) is 30.9 Å². The minimum absolute atomic E-state index is 0.0656. The summed E-state index contributed by atoms with van der Waals surface area (Å²) in [7, 11) is 0. The lowest BCUT2D eigenvalue weighted by molar-refractivity contribution is -0.121. The molecule has 0 saturated carbocycles. The molecule has 0 unspecified atom stereocenters. The molecule has 29 heavy (non-hydrogen) atoms. The number of ether oxygens (including phenoxy) is 1. The summed E-state index contributed by atoms with van der Waals surface area (Å²) in [4.78, 5) is 38.4. The number of hydrogen-bond donors (Lipinski definition) is 2. The Morgan fingerprint density at radius 2 is 1.97 bits per heavy atom. The molecule has 154 valence electrons. The largest absolute Gasteiger partial charge is 0.482 e. The van der Waals surface area contributed by atoms with Gasteiger partial charge in [-0.1, -0.05) is 30.7 Å². The summed E-state index contributed by atoms with van der Waals surface area (Å²) in [5.74, 6) is -0.670. The van der Waals surface area contributed by atoms with Crippen molar-refractivity contribution in [1.82, 2.24) is 0 Å². The highest BCUT2D eigenvalue weighted by molar-refractivity contribution is 6.34. The van der Waals surface area contributed by atoms with Crippen molar-refractivity contribution in [3.8, 4) is 5.75 Å². The van der Waals surface area contributed by atoms with Crippen molar-refractivity contribution in [1.29, 1.82) is 0 Å². The minimum atomic E-state index is -0.570. The van der Waals surface area contributed by atoms with Gasteiger partial charge < -0.3 is 20.7 Å². The van der Waals surface area contributed by atoms with E-state index in [4.69, 9.17) is 22.1 Å². The molecular formula is C21H24ClN3O4. The van der Waals surface area contributed by atoms with E-state index in [0.29, 0.717) is 47.7 Å². The van der Waals surface area contributed by atoms with Gasteiger partial charge in [-0.15, -0.1) is 0 Å². The van der Waals surface area contributed by atoms with Crippen LogP contribution in [0.15, 0.2) is 35.4 Å². The predicted octanol–water partition coefficient (Wildman–Crippen LogP) is 3.33. The average molecular weight is 418 g/mol. The van der Waals surface area contributed by atoms with Gasteiger partial charge in [0.05, 0.1) is 16.4 Å². The molecule has 0 radical (unpaired) electrons. The number of nitrogens with two attached hydrogens (primary N) is 1. The highest BCUT2D eigenvalue weighted by Gasteiger charge is 2.28. The van der Waals surface area contributed by atoms with Crippen molar-refractivity contribution >= 4 is 40.7 Å². The summed E-state index contributed by atoms with van der Waals surface area (Å²) in [6, 6.07) is 3.21.